The molecule has 0 aromatic heterocycles. The number of anilines is 1. The fourth-order valence-electron chi connectivity index (χ4n) is 2.40. The second-order valence-electron chi connectivity index (χ2n) is 5.57. The molecule has 2 rings (SSSR count). The Balaban J connectivity index is 2.21. The number of nitrogens with zero attached hydrogens (tertiary/aromatic N) is 2. The lowest BCUT2D eigenvalue weighted by molar-refractivity contribution is 0.0784. The van der Waals surface area contributed by atoms with Crippen LogP contribution in [0.4, 0.5) is 10.1 Å². The van der Waals surface area contributed by atoms with Gasteiger partial charge in [-0.05, 0) is 61.9 Å². The molecule has 0 unspecified atom stereocenters. The van der Waals surface area contributed by atoms with Crippen LogP contribution in [-0.2, 0) is 10.0 Å². The molecule has 2 aromatic carbocycles. The molecule has 0 bridgehead atoms. The zero-order chi connectivity index (χ0) is 19.3. The highest BCUT2D eigenvalue weighted by atomic mass is 32.2. The molecule has 0 spiro atoms. The maximum absolute atomic E-state index is 13.2. The topological polar surface area (TPSA) is 90.3 Å². The van der Waals surface area contributed by atoms with Gasteiger partial charge in [-0.3, -0.25) is 9.52 Å². The van der Waals surface area contributed by atoms with E-state index >= 15 is 0 Å². The first kappa shape index (κ1) is 19.4. The highest BCUT2D eigenvalue weighted by Crippen LogP contribution is 2.20. The van der Waals surface area contributed by atoms with E-state index in [1.807, 2.05) is 6.07 Å². The molecule has 0 saturated heterocycles. The Bertz CT molecular complexity index is 951. The van der Waals surface area contributed by atoms with Gasteiger partial charge < -0.3 is 4.90 Å². The zero-order valence-electron chi connectivity index (χ0n) is 14.4. The first-order valence-corrected chi connectivity index (χ1v) is 9.32. The quantitative estimate of drug-likeness (QED) is 0.786. The summed E-state index contributed by atoms with van der Waals surface area (Å²) in [6.45, 7) is 3.65. The highest BCUT2D eigenvalue weighted by Gasteiger charge is 2.18. The Morgan fingerprint density at radius 3 is 2.42 bits per heavy atom. The van der Waals surface area contributed by atoms with Crippen LogP contribution in [0.5, 0.6) is 0 Å². The first-order valence-electron chi connectivity index (χ1n) is 7.83. The molecule has 2 aromatic rings. The van der Waals surface area contributed by atoms with Gasteiger partial charge in [-0.1, -0.05) is 0 Å². The number of benzene rings is 2. The number of amides is 1. The lowest BCUT2D eigenvalue weighted by Gasteiger charge is -2.17. The van der Waals surface area contributed by atoms with Crippen molar-refractivity contribution in [3.8, 4) is 6.07 Å². The summed E-state index contributed by atoms with van der Waals surface area (Å²) in [6.07, 6.45) is 0. The molecule has 0 aliphatic carbocycles. The Hall–Kier alpha value is -2.92. The summed E-state index contributed by atoms with van der Waals surface area (Å²) >= 11 is 0. The van der Waals surface area contributed by atoms with Crippen molar-refractivity contribution >= 4 is 21.6 Å². The van der Waals surface area contributed by atoms with Crippen LogP contribution in [-0.4, -0.2) is 32.3 Å². The minimum absolute atomic E-state index is 0.0203. The third kappa shape index (κ3) is 4.37. The Labute approximate surface area is 151 Å². The average molecular weight is 375 g/mol. The lowest BCUT2D eigenvalue weighted by Crippen LogP contribution is -2.31. The summed E-state index contributed by atoms with van der Waals surface area (Å²) in [5.41, 5.74) is 0.913. The molecule has 0 radical (unpaired) electrons. The number of sulfonamides is 1. The fraction of sp³-hybridized carbons (Fsp3) is 0.222. The predicted octanol–water partition coefficient (Wildman–Crippen LogP) is 2.92. The minimum atomic E-state index is -3.88. The average Bonchev–Trinajstić information content (AvgIpc) is 2.59. The van der Waals surface area contributed by atoms with E-state index in [1.54, 1.807) is 6.92 Å². The largest absolute Gasteiger partial charge is 0.326 e. The summed E-state index contributed by atoms with van der Waals surface area (Å²) in [5.74, 6) is -0.819. The molecule has 26 heavy (non-hydrogen) atoms. The van der Waals surface area contributed by atoms with Gasteiger partial charge in [0.1, 0.15) is 12.4 Å². The van der Waals surface area contributed by atoms with Crippen LogP contribution in [0.25, 0.3) is 0 Å². The van der Waals surface area contributed by atoms with Gasteiger partial charge in [0.05, 0.1) is 11.0 Å². The van der Waals surface area contributed by atoms with E-state index in [0.717, 1.165) is 12.1 Å². The van der Waals surface area contributed by atoms with Gasteiger partial charge in [-0.15, -0.1) is 0 Å². The van der Waals surface area contributed by atoms with Crippen LogP contribution < -0.4 is 4.72 Å². The van der Waals surface area contributed by atoms with Gasteiger partial charge in [0, 0.05) is 17.8 Å². The molecular weight excluding hydrogens is 357 g/mol. The van der Waals surface area contributed by atoms with Gasteiger partial charge in [-0.2, -0.15) is 5.26 Å². The van der Waals surface area contributed by atoms with E-state index in [2.05, 4.69) is 4.72 Å². The van der Waals surface area contributed by atoms with E-state index < -0.39 is 15.8 Å². The fourth-order valence-corrected chi connectivity index (χ4v) is 3.69. The van der Waals surface area contributed by atoms with Gasteiger partial charge in [0.25, 0.3) is 15.9 Å². The molecule has 0 aliphatic rings. The summed E-state index contributed by atoms with van der Waals surface area (Å²) in [5, 5.41) is 8.74. The van der Waals surface area contributed by atoms with Crippen molar-refractivity contribution in [2.45, 2.75) is 18.7 Å². The maximum atomic E-state index is 13.2. The standard InChI is InChI=1S/C18H18FN3O3S/c1-3-22(11-10-20)18(23)14-4-7-16(8-5-14)21-26(24,25)17-9-6-15(19)12-13(17)2/h4-9,12,21H,3,11H2,1-2H3. The summed E-state index contributed by atoms with van der Waals surface area (Å²) in [6, 6.07) is 11.2. The number of hydrogen-bond acceptors (Lipinski definition) is 4. The summed E-state index contributed by atoms with van der Waals surface area (Å²) < 4.78 is 40.5. The third-order valence-electron chi connectivity index (χ3n) is 3.74. The van der Waals surface area contributed by atoms with Crippen LogP contribution in [0.1, 0.15) is 22.8 Å². The number of carbonyl (C=O) groups is 1. The van der Waals surface area contributed by atoms with Crippen molar-refractivity contribution in [2.24, 2.45) is 0 Å². The van der Waals surface area contributed by atoms with Gasteiger partial charge in [0.2, 0.25) is 0 Å². The maximum Gasteiger partial charge on any atom is 0.262 e. The van der Waals surface area contributed by atoms with E-state index in [-0.39, 0.29) is 23.0 Å². The van der Waals surface area contributed by atoms with E-state index in [9.17, 15) is 17.6 Å². The number of rotatable bonds is 6. The second-order valence-corrected chi connectivity index (χ2v) is 7.22. The van der Waals surface area contributed by atoms with Crippen LogP contribution in [0.3, 0.4) is 0 Å². The van der Waals surface area contributed by atoms with Crippen molar-refractivity contribution in [3.05, 3.63) is 59.4 Å². The molecule has 0 atom stereocenters. The molecule has 0 aliphatic heterocycles. The van der Waals surface area contributed by atoms with Gasteiger partial charge in [-0.25, -0.2) is 12.8 Å². The molecule has 0 heterocycles. The Morgan fingerprint density at radius 2 is 1.88 bits per heavy atom. The third-order valence-corrected chi connectivity index (χ3v) is 5.28. The van der Waals surface area contributed by atoms with Crippen LogP contribution >= 0.6 is 0 Å². The summed E-state index contributed by atoms with van der Waals surface area (Å²) in [7, 11) is -3.88. The Morgan fingerprint density at radius 1 is 1.23 bits per heavy atom. The van der Waals surface area contributed by atoms with E-state index in [4.69, 9.17) is 5.26 Å². The van der Waals surface area contributed by atoms with Crippen molar-refractivity contribution in [2.75, 3.05) is 17.8 Å². The smallest absolute Gasteiger partial charge is 0.262 e. The van der Waals surface area contributed by atoms with Crippen LogP contribution in [0.2, 0.25) is 0 Å². The van der Waals surface area contributed by atoms with Crippen molar-refractivity contribution in [1.29, 1.82) is 5.26 Å². The number of hydrogen-bond donors (Lipinski definition) is 1. The van der Waals surface area contributed by atoms with E-state index in [0.29, 0.717) is 17.7 Å². The van der Waals surface area contributed by atoms with Crippen molar-refractivity contribution in [3.63, 3.8) is 0 Å². The Kier molecular flexibility index (Phi) is 5.95. The number of halogens is 1. The number of carbonyl (C=O) groups excluding carboxylic acids is 1. The minimum Gasteiger partial charge on any atom is -0.326 e. The van der Waals surface area contributed by atoms with Crippen molar-refractivity contribution in [1.82, 2.24) is 4.90 Å². The van der Waals surface area contributed by atoms with Gasteiger partial charge >= 0.3 is 0 Å². The summed E-state index contributed by atoms with van der Waals surface area (Å²) in [4.78, 5) is 13.6. The van der Waals surface area contributed by atoms with E-state index in [1.165, 1.54) is 42.2 Å². The molecule has 1 amide bonds. The van der Waals surface area contributed by atoms with Crippen molar-refractivity contribution < 1.29 is 17.6 Å². The SMILES string of the molecule is CCN(CC#N)C(=O)c1ccc(NS(=O)(=O)c2ccc(F)cc2C)cc1. The molecule has 0 saturated carbocycles. The second kappa shape index (κ2) is 7.97. The molecule has 6 nitrogen and oxygen atoms in total. The first-order chi connectivity index (χ1) is 12.3. The number of aryl methyl sites for hydroxylation is 1. The monoisotopic (exact) mass is 375 g/mol. The van der Waals surface area contributed by atoms with Crippen LogP contribution in [0.15, 0.2) is 47.4 Å². The number of nitrogens with one attached hydrogen (secondary N) is 1. The van der Waals surface area contributed by atoms with Crippen LogP contribution in [0, 0.1) is 24.1 Å². The van der Waals surface area contributed by atoms with Gasteiger partial charge in [0.15, 0.2) is 0 Å². The molecule has 1 N–H and O–H groups in total. The molecule has 136 valence electrons. The molecule has 0 fully saturated rings. The molecule has 8 heteroatoms. The zero-order valence-corrected chi connectivity index (χ0v) is 15.2. The highest BCUT2D eigenvalue weighted by molar-refractivity contribution is 7.92. The normalized spacial score (nSPS) is 10.8. The lowest BCUT2D eigenvalue weighted by atomic mass is 10.2. The predicted molar refractivity (Wildman–Crippen MR) is 95.6 cm³/mol. The molecular formula is C18H18FN3O3S. The number of nitriles is 1.